The van der Waals surface area contributed by atoms with Gasteiger partial charge < -0.3 is 5.73 Å². The van der Waals surface area contributed by atoms with Crippen LogP contribution < -0.4 is 5.73 Å². The van der Waals surface area contributed by atoms with Gasteiger partial charge in [-0.05, 0) is 73.5 Å². The summed E-state index contributed by atoms with van der Waals surface area (Å²) in [6, 6.07) is 13.4. The minimum absolute atomic E-state index is 0.172. The molecule has 0 saturated heterocycles. The van der Waals surface area contributed by atoms with Gasteiger partial charge in [0.2, 0.25) is 0 Å². The van der Waals surface area contributed by atoms with Gasteiger partial charge in [0.25, 0.3) is 0 Å². The number of hydrogen-bond donors (Lipinski definition) is 1. The molecule has 20 heavy (non-hydrogen) atoms. The second-order valence-corrected chi connectivity index (χ2v) is 5.51. The Morgan fingerprint density at radius 2 is 1.60 bits per heavy atom. The second-order valence-electron chi connectivity index (χ2n) is 5.51. The molecule has 0 aliphatic rings. The number of nitrogens with two attached hydrogens (primary N) is 1. The molecule has 1 nitrogen and oxygen atoms in total. The molecule has 0 radical (unpaired) electrons. The van der Waals surface area contributed by atoms with Crippen LogP contribution in [0, 0.1) is 25.6 Å². The lowest BCUT2D eigenvalue weighted by atomic mass is 9.89. The fourth-order valence-corrected chi connectivity index (χ4v) is 2.59. The van der Waals surface area contributed by atoms with Crippen molar-refractivity contribution in [2.75, 3.05) is 6.54 Å². The van der Waals surface area contributed by atoms with Crippen LogP contribution in [0.3, 0.4) is 0 Å². The molecule has 0 aliphatic heterocycles. The highest BCUT2D eigenvalue weighted by Gasteiger charge is 2.12. The average Bonchev–Trinajstić information content (AvgIpc) is 2.43. The van der Waals surface area contributed by atoms with Crippen LogP contribution in [0.1, 0.15) is 22.3 Å². The molecule has 1 unspecified atom stereocenters. The van der Waals surface area contributed by atoms with Crippen LogP contribution in [-0.2, 0) is 12.8 Å². The molecule has 0 spiro atoms. The highest BCUT2D eigenvalue weighted by molar-refractivity contribution is 5.29. The summed E-state index contributed by atoms with van der Waals surface area (Å²) in [6.07, 6.45) is 1.87. The van der Waals surface area contributed by atoms with Crippen LogP contribution in [0.4, 0.5) is 4.39 Å². The zero-order valence-corrected chi connectivity index (χ0v) is 12.2. The van der Waals surface area contributed by atoms with Crippen LogP contribution in [0.5, 0.6) is 0 Å². The summed E-state index contributed by atoms with van der Waals surface area (Å²) in [5.41, 5.74) is 10.8. The van der Waals surface area contributed by atoms with Gasteiger partial charge in [-0.2, -0.15) is 0 Å². The van der Waals surface area contributed by atoms with Gasteiger partial charge in [-0.1, -0.05) is 30.3 Å². The van der Waals surface area contributed by atoms with Gasteiger partial charge in [0.05, 0.1) is 0 Å². The lowest BCUT2D eigenvalue weighted by Gasteiger charge is -2.17. The van der Waals surface area contributed by atoms with Gasteiger partial charge in [-0.3, -0.25) is 0 Å². The molecule has 2 aromatic carbocycles. The quantitative estimate of drug-likeness (QED) is 0.879. The fourth-order valence-electron chi connectivity index (χ4n) is 2.59. The maximum absolute atomic E-state index is 13.1. The summed E-state index contributed by atoms with van der Waals surface area (Å²) in [4.78, 5) is 0. The topological polar surface area (TPSA) is 26.0 Å². The van der Waals surface area contributed by atoms with Crippen LogP contribution in [0.25, 0.3) is 0 Å². The van der Waals surface area contributed by atoms with E-state index in [9.17, 15) is 4.39 Å². The number of rotatable bonds is 5. The molecule has 2 aromatic rings. The average molecular weight is 271 g/mol. The highest BCUT2D eigenvalue weighted by atomic mass is 19.1. The lowest BCUT2D eigenvalue weighted by Crippen LogP contribution is -2.20. The molecule has 2 rings (SSSR count). The van der Waals surface area contributed by atoms with E-state index in [1.807, 2.05) is 13.0 Å². The predicted octanol–water partition coefficient (Wildman–Crippen LogP) is 3.80. The van der Waals surface area contributed by atoms with Gasteiger partial charge >= 0.3 is 0 Å². The first kappa shape index (κ1) is 14.7. The molecule has 2 N–H and O–H groups in total. The second kappa shape index (κ2) is 6.67. The fraction of sp³-hybridized carbons (Fsp3) is 0.333. The number of aryl methyl sites for hydroxylation is 2. The molecule has 0 aromatic heterocycles. The van der Waals surface area contributed by atoms with E-state index in [2.05, 4.69) is 31.2 Å². The van der Waals surface area contributed by atoms with E-state index >= 15 is 0 Å². The largest absolute Gasteiger partial charge is 0.330 e. The van der Waals surface area contributed by atoms with Crippen molar-refractivity contribution in [3.8, 4) is 0 Å². The van der Waals surface area contributed by atoms with E-state index in [0.29, 0.717) is 12.5 Å². The molecule has 0 saturated carbocycles. The van der Waals surface area contributed by atoms with Gasteiger partial charge in [-0.25, -0.2) is 4.39 Å². The van der Waals surface area contributed by atoms with Crippen molar-refractivity contribution >= 4 is 0 Å². The molecular formula is C18H22FN. The Labute approximate surface area is 120 Å². The van der Waals surface area contributed by atoms with Crippen molar-refractivity contribution in [3.05, 3.63) is 70.5 Å². The van der Waals surface area contributed by atoms with Crippen molar-refractivity contribution in [2.45, 2.75) is 26.7 Å². The van der Waals surface area contributed by atoms with E-state index < -0.39 is 0 Å². The SMILES string of the molecule is Cc1ccccc1CC(CN)Cc1ccc(F)cc1C. The monoisotopic (exact) mass is 271 g/mol. The molecule has 0 aliphatic carbocycles. The molecular weight excluding hydrogens is 249 g/mol. The summed E-state index contributed by atoms with van der Waals surface area (Å²) in [6.45, 7) is 4.73. The summed E-state index contributed by atoms with van der Waals surface area (Å²) < 4.78 is 13.1. The summed E-state index contributed by atoms with van der Waals surface area (Å²) in [5.74, 6) is 0.217. The Hall–Kier alpha value is -1.67. The molecule has 0 bridgehead atoms. The Morgan fingerprint density at radius 3 is 2.20 bits per heavy atom. The molecule has 106 valence electrons. The summed E-state index contributed by atoms with van der Waals surface area (Å²) in [5, 5.41) is 0. The van der Waals surface area contributed by atoms with Crippen molar-refractivity contribution < 1.29 is 4.39 Å². The van der Waals surface area contributed by atoms with Crippen LogP contribution in [-0.4, -0.2) is 6.54 Å². The van der Waals surface area contributed by atoms with Crippen LogP contribution in [0.15, 0.2) is 42.5 Å². The third kappa shape index (κ3) is 3.67. The first-order valence-electron chi connectivity index (χ1n) is 7.09. The van der Waals surface area contributed by atoms with E-state index in [0.717, 1.165) is 18.4 Å². The van der Waals surface area contributed by atoms with E-state index in [4.69, 9.17) is 5.73 Å². The van der Waals surface area contributed by atoms with Gasteiger partial charge in [0.1, 0.15) is 5.82 Å². The van der Waals surface area contributed by atoms with Crippen molar-refractivity contribution in [2.24, 2.45) is 11.7 Å². The minimum atomic E-state index is -0.172. The maximum Gasteiger partial charge on any atom is 0.123 e. The Kier molecular flexibility index (Phi) is 4.91. The van der Waals surface area contributed by atoms with Crippen LogP contribution >= 0.6 is 0 Å². The first-order valence-corrected chi connectivity index (χ1v) is 7.09. The van der Waals surface area contributed by atoms with Crippen molar-refractivity contribution in [1.29, 1.82) is 0 Å². The zero-order valence-electron chi connectivity index (χ0n) is 12.2. The van der Waals surface area contributed by atoms with E-state index in [-0.39, 0.29) is 5.82 Å². The Balaban J connectivity index is 2.11. The third-order valence-corrected chi connectivity index (χ3v) is 3.92. The lowest BCUT2D eigenvalue weighted by molar-refractivity contribution is 0.530. The first-order chi connectivity index (χ1) is 9.60. The standard InChI is InChI=1S/C18H22FN/c1-13-5-3-4-6-16(13)10-15(12-20)11-17-7-8-18(19)9-14(17)2/h3-9,15H,10-12,20H2,1-2H3. The summed E-state index contributed by atoms with van der Waals surface area (Å²) >= 11 is 0. The van der Waals surface area contributed by atoms with Gasteiger partial charge in [0, 0.05) is 0 Å². The Bertz CT molecular complexity index is 577. The Morgan fingerprint density at radius 1 is 0.950 bits per heavy atom. The molecule has 0 fully saturated rings. The molecule has 0 heterocycles. The smallest absolute Gasteiger partial charge is 0.123 e. The molecule has 2 heteroatoms. The third-order valence-electron chi connectivity index (χ3n) is 3.92. The van der Waals surface area contributed by atoms with Gasteiger partial charge in [0.15, 0.2) is 0 Å². The van der Waals surface area contributed by atoms with Gasteiger partial charge in [-0.15, -0.1) is 0 Å². The van der Waals surface area contributed by atoms with Crippen molar-refractivity contribution in [3.63, 3.8) is 0 Å². The zero-order chi connectivity index (χ0) is 14.5. The van der Waals surface area contributed by atoms with E-state index in [1.54, 1.807) is 6.07 Å². The normalized spacial score (nSPS) is 12.4. The van der Waals surface area contributed by atoms with E-state index in [1.165, 1.54) is 22.8 Å². The number of benzene rings is 2. The minimum Gasteiger partial charge on any atom is -0.330 e. The predicted molar refractivity (Wildman–Crippen MR) is 82.3 cm³/mol. The molecule has 0 amide bonds. The summed E-state index contributed by atoms with van der Waals surface area (Å²) in [7, 11) is 0. The van der Waals surface area contributed by atoms with Crippen LogP contribution in [0.2, 0.25) is 0 Å². The highest BCUT2D eigenvalue weighted by Crippen LogP contribution is 2.19. The maximum atomic E-state index is 13.1. The van der Waals surface area contributed by atoms with Crippen molar-refractivity contribution in [1.82, 2.24) is 0 Å². The number of hydrogen-bond acceptors (Lipinski definition) is 1. The number of halogens is 1. The molecule has 1 atom stereocenters.